The van der Waals surface area contributed by atoms with Crippen molar-refractivity contribution in [2.75, 3.05) is 5.88 Å². The Morgan fingerprint density at radius 3 is 2.92 bits per heavy atom. The van der Waals surface area contributed by atoms with Gasteiger partial charge in [-0.3, -0.25) is 4.79 Å². The highest BCUT2D eigenvalue weighted by Crippen LogP contribution is 2.15. The molecule has 0 aromatic heterocycles. The van der Waals surface area contributed by atoms with E-state index in [1.165, 1.54) is 0 Å². The van der Waals surface area contributed by atoms with Crippen molar-refractivity contribution < 1.29 is 9.53 Å². The van der Waals surface area contributed by atoms with Gasteiger partial charge in [0.05, 0.1) is 0 Å². The fourth-order valence-electron chi connectivity index (χ4n) is 1.46. The Balaban J connectivity index is 2.31. The molecule has 1 aliphatic carbocycles. The molecule has 0 aliphatic heterocycles. The molecular formula is C10H15ClO2. The van der Waals surface area contributed by atoms with Crippen LogP contribution in [-0.2, 0) is 9.53 Å². The zero-order valence-corrected chi connectivity index (χ0v) is 8.43. The summed E-state index contributed by atoms with van der Waals surface area (Å²) in [7, 11) is 0. The SMILES string of the molecule is O=C(CCl)OC1CC/C=C\CCC1. The van der Waals surface area contributed by atoms with E-state index in [-0.39, 0.29) is 18.0 Å². The van der Waals surface area contributed by atoms with Gasteiger partial charge in [-0.25, -0.2) is 0 Å². The van der Waals surface area contributed by atoms with Gasteiger partial charge in [-0.05, 0) is 32.1 Å². The summed E-state index contributed by atoms with van der Waals surface area (Å²) in [6.07, 6.45) is 9.51. The third-order valence-corrected chi connectivity index (χ3v) is 2.34. The van der Waals surface area contributed by atoms with Crippen LogP contribution in [0.2, 0.25) is 0 Å². The molecule has 0 amide bonds. The normalized spacial score (nSPS) is 25.8. The third-order valence-electron chi connectivity index (χ3n) is 2.13. The molecule has 0 aromatic carbocycles. The molecule has 0 N–H and O–H groups in total. The van der Waals surface area contributed by atoms with Crippen molar-refractivity contribution in [1.29, 1.82) is 0 Å². The van der Waals surface area contributed by atoms with E-state index in [1.807, 2.05) is 0 Å². The maximum atomic E-state index is 10.9. The molecule has 1 aliphatic rings. The van der Waals surface area contributed by atoms with Crippen molar-refractivity contribution in [3.63, 3.8) is 0 Å². The molecule has 1 rings (SSSR count). The van der Waals surface area contributed by atoms with Gasteiger partial charge in [0.1, 0.15) is 12.0 Å². The van der Waals surface area contributed by atoms with Gasteiger partial charge in [-0.1, -0.05) is 12.2 Å². The zero-order valence-electron chi connectivity index (χ0n) is 7.67. The van der Waals surface area contributed by atoms with Crippen LogP contribution in [0.5, 0.6) is 0 Å². The Labute approximate surface area is 83.9 Å². The topological polar surface area (TPSA) is 26.3 Å². The first-order valence-electron chi connectivity index (χ1n) is 4.73. The second-order valence-corrected chi connectivity index (χ2v) is 3.49. The van der Waals surface area contributed by atoms with Crippen molar-refractivity contribution in [2.45, 2.75) is 38.2 Å². The van der Waals surface area contributed by atoms with Crippen LogP contribution in [0.25, 0.3) is 0 Å². The predicted molar refractivity (Wildman–Crippen MR) is 52.8 cm³/mol. The van der Waals surface area contributed by atoms with Crippen molar-refractivity contribution in [3.05, 3.63) is 12.2 Å². The molecule has 0 fully saturated rings. The highest BCUT2D eigenvalue weighted by molar-refractivity contribution is 6.26. The number of rotatable bonds is 2. The summed E-state index contributed by atoms with van der Waals surface area (Å²) in [4.78, 5) is 10.9. The maximum absolute atomic E-state index is 10.9. The summed E-state index contributed by atoms with van der Waals surface area (Å²) in [5.74, 6) is -0.331. The molecule has 0 saturated carbocycles. The molecule has 0 saturated heterocycles. The molecule has 0 bridgehead atoms. The number of hydrogen-bond acceptors (Lipinski definition) is 2. The average molecular weight is 203 g/mol. The average Bonchev–Trinajstić information content (AvgIpc) is 2.09. The lowest BCUT2D eigenvalue weighted by Gasteiger charge is -2.17. The lowest BCUT2D eigenvalue weighted by Crippen LogP contribution is -2.19. The minimum Gasteiger partial charge on any atom is -0.461 e. The van der Waals surface area contributed by atoms with Crippen LogP contribution in [0.15, 0.2) is 12.2 Å². The van der Waals surface area contributed by atoms with Crippen molar-refractivity contribution in [1.82, 2.24) is 0 Å². The predicted octanol–water partition coefficient (Wildman–Crippen LogP) is 2.66. The van der Waals surface area contributed by atoms with Crippen LogP contribution >= 0.6 is 11.6 Å². The fourth-order valence-corrected chi connectivity index (χ4v) is 1.52. The monoisotopic (exact) mass is 202 g/mol. The molecule has 0 aromatic rings. The van der Waals surface area contributed by atoms with Gasteiger partial charge in [-0.15, -0.1) is 11.6 Å². The summed E-state index contributed by atoms with van der Waals surface area (Å²) >= 11 is 5.36. The van der Waals surface area contributed by atoms with Crippen LogP contribution in [0.3, 0.4) is 0 Å². The quantitative estimate of drug-likeness (QED) is 0.391. The van der Waals surface area contributed by atoms with Crippen LogP contribution in [-0.4, -0.2) is 18.0 Å². The minimum atomic E-state index is -0.295. The molecule has 0 spiro atoms. The van der Waals surface area contributed by atoms with Gasteiger partial charge in [0.2, 0.25) is 0 Å². The molecular weight excluding hydrogens is 188 g/mol. The van der Waals surface area contributed by atoms with Gasteiger partial charge >= 0.3 is 5.97 Å². The van der Waals surface area contributed by atoms with Gasteiger partial charge < -0.3 is 4.74 Å². The van der Waals surface area contributed by atoms with Crippen LogP contribution in [0, 0.1) is 0 Å². The molecule has 0 heterocycles. The van der Waals surface area contributed by atoms with Gasteiger partial charge in [0.25, 0.3) is 0 Å². The first-order chi connectivity index (χ1) is 6.33. The van der Waals surface area contributed by atoms with Crippen LogP contribution < -0.4 is 0 Å². The Hall–Kier alpha value is -0.500. The second-order valence-electron chi connectivity index (χ2n) is 3.23. The number of carbonyl (C=O) groups excluding carboxylic acids is 1. The minimum absolute atomic E-state index is 0.0354. The van der Waals surface area contributed by atoms with E-state index in [0.29, 0.717) is 0 Å². The van der Waals surface area contributed by atoms with Gasteiger partial charge in [-0.2, -0.15) is 0 Å². The summed E-state index contributed by atoms with van der Waals surface area (Å²) in [6.45, 7) is 0. The van der Waals surface area contributed by atoms with E-state index >= 15 is 0 Å². The third kappa shape index (κ3) is 4.32. The molecule has 3 heteroatoms. The smallest absolute Gasteiger partial charge is 0.321 e. The number of carbonyl (C=O) groups is 1. The number of hydrogen-bond donors (Lipinski definition) is 0. The highest BCUT2D eigenvalue weighted by atomic mass is 35.5. The summed E-state index contributed by atoms with van der Waals surface area (Å²) in [5, 5.41) is 0. The molecule has 74 valence electrons. The number of alkyl halides is 1. The molecule has 1 atom stereocenters. The summed E-state index contributed by atoms with van der Waals surface area (Å²) in [5.41, 5.74) is 0. The zero-order chi connectivity index (χ0) is 9.52. The largest absolute Gasteiger partial charge is 0.461 e. The van der Waals surface area contributed by atoms with E-state index in [1.54, 1.807) is 0 Å². The van der Waals surface area contributed by atoms with Crippen LogP contribution in [0.4, 0.5) is 0 Å². The summed E-state index contributed by atoms with van der Waals surface area (Å²) in [6, 6.07) is 0. The number of allylic oxidation sites excluding steroid dienone is 2. The molecule has 13 heavy (non-hydrogen) atoms. The Morgan fingerprint density at radius 2 is 2.15 bits per heavy atom. The fraction of sp³-hybridized carbons (Fsp3) is 0.700. The van der Waals surface area contributed by atoms with Gasteiger partial charge in [0.15, 0.2) is 0 Å². The first-order valence-corrected chi connectivity index (χ1v) is 5.27. The van der Waals surface area contributed by atoms with E-state index < -0.39 is 0 Å². The second kappa shape index (κ2) is 6.03. The Bertz CT molecular complexity index is 189. The van der Waals surface area contributed by atoms with Crippen LogP contribution in [0.1, 0.15) is 32.1 Å². The lowest BCUT2D eigenvalue weighted by atomic mass is 10.0. The molecule has 0 radical (unpaired) electrons. The first kappa shape index (κ1) is 10.6. The molecule has 1 unspecified atom stereocenters. The Morgan fingerprint density at radius 1 is 1.38 bits per heavy atom. The van der Waals surface area contributed by atoms with E-state index in [0.717, 1.165) is 32.1 Å². The standard InChI is InChI=1S/C10H15ClO2/c11-8-10(12)13-9-6-4-2-1-3-5-7-9/h1-2,9H,3-8H2/b2-1-. The maximum Gasteiger partial charge on any atom is 0.321 e. The highest BCUT2D eigenvalue weighted by Gasteiger charge is 2.13. The van der Waals surface area contributed by atoms with Gasteiger partial charge in [0, 0.05) is 0 Å². The number of ether oxygens (including phenoxy) is 1. The van der Waals surface area contributed by atoms with E-state index in [4.69, 9.17) is 16.3 Å². The lowest BCUT2D eigenvalue weighted by molar-refractivity contribution is -0.146. The molecule has 2 nitrogen and oxygen atoms in total. The van der Waals surface area contributed by atoms with Crippen molar-refractivity contribution >= 4 is 17.6 Å². The van der Waals surface area contributed by atoms with E-state index in [2.05, 4.69) is 12.2 Å². The number of halogens is 1. The summed E-state index contributed by atoms with van der Waals surface area (Å²) < 4.78 is 5.17. The van der Waals surface area contributed by atoms with Crippen molar-refractivity contribution in [3.8, 4) is 0 Å². The Kier molecular flexibility index (Phi) is 4.91. The van der Waals surface area contributed by atoms with Crippen molar-refractivity contribution in [2.24, 2.45) is 0 Å². The number of esters is 1. The van der Waals surface area contributed by atoms with E-state index in [9.17, 15) is 4.79 Å².